The predicted molar refractivity (Wildman–Crippen MR) is 129 cm³/mol. The fraction of sp³-hybridized carbons (Fsp3) is 0.154. The van der Waals surface area contributed by atoms with Gasteiger partial charge in [-0.15, -0.1) is 0 Å². The average molecular weight is 490 g/mol. The molecule has 0 bridgehead atoms. The molecule has 1 aliphatic rings. The van der Waals surface area contributed by atoms with Gasteiger partial charge in [0.2, 0.25) is 11.7 Å². The number of aromatic nitrogens is 2. The number of carbonyl (C=O) groups is 3. The van der Waals surface area contributed by atoms with Gasteiger partial charge in [0.05, 0.1) is 18.4 Å². The maximum Gasteiger partial charge on any atom is 0.313 e. The number of hydroxylamine groups is 1. The summed E-state index contributed by atoms with van der Waals surface area (Å²) in [7, 11) is 1.21. The first-order valence-electron chi connectivity index (χ1n) is 11.1. The van der Waals surface area contributed by atoms with Crippen molar-refractivity contribution in [2.45, 2.75) is 18.6 Å². The molecule has 0 spiro atoms. The van der Waals surface area contributed by atoms with E-state index in [4.69, 9.17) is 5.73 Å². The maximum atomic E-state index is 13.9. The smallest absolute Gasteiger partial charge is 0.313 e. The minimum Gasteiger partial charge on any atom is -0.366 e. The lowest BCUT2D eigenvalue weighted by molar-refractivity contribution is -0.147. The fourth-order valence-corrected chi connectivity index (χ4v) is 4.09. The zero-order chi connectivity index (χ0) is 25.7. The van der Waals surface area contributed by atoms with Crippen molar-refractivity contribution in [2.75, 3.05) is 7.11 Å². The molecule has 0 fully saturated rings. The number of hydrogen-bond donors (Lipinski definition) is 2. The summed E-state index contributed by atoms with van der Waals surface area (Å²) in [5, 5.41) is 4.63. The highest BCUT2D eigenvalue weighted by atomic mass is 19.1. The monoisotopic (exact) mass is 489 g/mol. The standard InChI is InChI=1S/C26H24FN5O4/c1-36-30-25(35)23(33)22(16-17-7-5-10-19(27)15-17)31-13-6-11-20(24(28)34)26(31)32-14-12-21(29-32)18-8-3-2-4-9-18/h2-15,22,26H,16H2,1H3,(H2,28,34)(H,30,35). The molecule has 1 aliphatic heterocycles. The molecule has 10 heteroatoms. The molecule has 2 heterocycles. The number of benzene rings is 2. The highest BCUT2D eigenvalue weighted by Crippen LogP contribution is 2.31. The number of nitrogens with zero attached hydrogens (tertiary/aromatic N) is 3. The van der Waals surface area contributed by atoms with Crippen molar-refractivity contribution >= 4 is 17.6 Å². The number of ketones is 1. The Balaban J connectivity index is 1.78. The summed E-state index contributed by atoms with van der Waals surface area (Å²) in [5.41, 5.74) is 9.85. The first kappa shape index (κ1) is 24.6. The number of hydrogen-bond acceptors (Lipinski definition) is 6. The van der Waals surface area contributed by atoms with Crippen LogP contribution < -0.4 is 11.2 Å². The van der Waals surface area contributed by atoms with Crippen molar-refractivity contribution in [1.29, 1.82) is 0 Å². The second-order valence-electron chi connectivity index (χ2n) is 8.05. The Labute approximate surface area is 206 Å². The van der Waals surface area contributed by atoms with Crippen LogP contribution in [-0.4, -0.2) is 45.4 Å². The Hall–Kier alpha value is -4.57. The van der Waals surface area contributed by atoms with E-state index >= 15 is 0 Å². The van der Waals surface area contributed by atoms with E-state index in [0.717, 1.165) is 5.56 Å². The number of allylic oxidation sites excluding steroid dienone is 2. The molecule has 0 saturated carbocycles. The first-order valence-corrected chi connectivity index (χ1v) is 11.1. The summed E-state index contributed by atoms with van der Waals surface area (Å²) in [6, 6.07) is 15.8. The van der Waals surface area contributed by atoms with Gasteiger partial charge in [-0.2, -0.15) is 5.10 Å². The molecule has 3 N–H and O–H groups in total. The molecule has 0 saturated heterocycles. The molecule has 1 aromatic heterocycles. The molecule has 4 rings (SSSR count). The molecule has 2 unspecified atom stereocenters. The zero-order valence-electron chi connectivity index (χ0n) is 19.4. The first-order chi connectivity index (χ1) is 17.4. The van der Waals surface area contributed by atoms with Crippen LogP contribution in [0.15, 0.2) is 90.8 Å². The lowest BCUT2D eigenvalue weighted by atomic mass is 9.97. The third-order valence-electron chi connectivity index (χ3n) is 5.71. The van der Waals surface area contributed by atoms with Gasteiger partial charge in [0.1, 0.15) is 11.9 Å². The molecule has 0 aliphatic carbocycles. The van der Waals surface area contributed by atoms with Crippen molar-refractivity contribution in [3.63, 3.8) is 0 Å². The van der Waals surface area contributed by atoms with Gasteiger partial charge in [0, 0.05) is 24.4 Å². The van der Waals surface area contributed by atoms with Crippen LogP contribution in [0.4, 0.5) is 4.39 Å². The van der Waals surface area contributed by atoms with Gasteiger partial charge >= 0.3 is 5.91 Å². The quantitative estimate of drug-likeness (QED) is 0.352. The third kappa shape index (κ3) is 5.23. The van der Waals surface area contributed by atoms with Gasteiger partial charge in [-0.1, -0.05) is 42.5 Å². The van der Waals surface area contributed by atoms with Crippen LogP contribution in [0.25, 0.3) is 11.3 Å². The molecule has 36 heavy (non-hydrogen) atoms. The minimum absolute atomic E-state index is 0.0343. The number of Topliss-reactive ketones (excluding diaryl/α,β-unsaturated/α-hetero) is 1. The summed E-state index contributed by atoms with van der Waals surface area (Å²) in [4.78, 5) is 44.3. The van der Waals surface area contributed by atoms with Crippen LogP contribution in [0, 0.1) is 5.82 Å². The molecule has 2 amide bonds. The summed E-state index contributed by atoms with van der Waals surface area (Å²) in [6.07, 6.45) is 5.35. The molecule has 9 nitrogen and oxygen atoms in total. The second kappa shape index (κ2) is 10.8. The summed E-state index contributed by atoms with van der Waals surface area (Å²) in [5.74, 6) is -3.05. The Morgan fingerprint density at radius 2 is 1.92 bits per heavy atom. The number of carbonyl (C=O) groups excluding carboxylic acids is 3. The van der Waals surface area contributed by atoms with E-state index in [9.17, 15) is 18.8 Å². The van der Waals surface area contributed by atoms with Gasteiger partial charge in [-0.25, -0.2) is 14.6 Å². The normalized spacial score (nSPS) is 15.8. The molecule has 2 atom stereocenters. The van der Waals surface area contributed by atoms with Gasteiger partial charge < -0.3 is 10.6 Å². The highest BCUT2D eigenvalue weighted by molar-refractivity contribution is 6.38. The second-order valence-corrected chi connectivity index (χ2v) is 8.05. The largest absolute Gasteiger partial charge is 0.366 e. The van der Waals surface area contributed by atoms with E-state index in [0.29, 0.717) is 11.3 Å². The van der Waals surface area contributed by atoms with Crippen molar-refractivity contribution in [3.8, 4) is 11.3 Å². The van der Waals surface area contributed by atoms with Crippen molar-refractivity contribution in [1.82, 2.24) is 20.2 Å². The SMILES string of the molecule is CONC(=O)C(=O)C(Cc1cccc(F)c1)N1C=CC=C(C(N)=O)C1n1ccc(-c2ccccc2)n1. The van der Waals surface area contributed by atoms with E-state index in [1.165, 1.54) is 41.0 Å². The summed E-state index contributed by atoms with van der Waals surface area (Å²) >= 11 is 0. The number of nitrogens with one attached hydrogen (secondary N) is 1. The van der Waals surface area contributed by atoms with Crippen LogP contribution in [0.1, 0.15) is 11.7 Å². The molecular weight excluding hydrogens is 465 g/mol. The highest BCUT2D eigenvalue weighted by Gasteiger charge is 2.38. The van der Waals surface area contributed by atoms with Crippen LogP contribution in [0.2, 0.25) is 0 Å². The number of primary amides is 1. The van der Waals surface area contributed by atoms with E-state index in [1.54, 1.807) is 30.6 Å². The lowest BCUT2D eigenvalue weighted by Crippen LogP contribution is -2.50. The van der Waals surface area contributed by atoms with Gasteiger partial charge in [-0.3, -0.25) is 19.2 Å². The lowest BCUT2D eigenvalue weighted by Gasteiger charge is -2.38. The van der Waals surface area contributed by atoms with E-state index in [2.05, 4.69) is 9.94 Å². The Kier molecular flexibility index (Phi) is 7.36. The average Bonchev–Trinajstić information content (AvgIpc) is 3.37. The molecular formula is C26H24FN5O4. The third-order valence-corrected chi connectivity index (χ3v) is 5.71. The van der Waals surface area contributed by atoms with E-state index < -0.39 is 35.6 Å². The van der Waals surface area contributed by atoms with Gasteiger partial charge in [0.25, 0.3) is 0 Å². The van der Waals surface area contributed by atoms with Gasteiger partial charge in [0.15, 0.2) is 6.17 Å². The zero-order valence-corrected chi connectivity index (χ0v) is 19.4. The predicted octanol–water partition coefficient (Wildman–Crippen LogP) is 2.29. The number of rotatable bonds is 9. The number of amides is 2. The topological polar surface area (TPSA) is 120 Å². The number of nitrogens with two attached hydrogens (primary N) is 1. The summed E-state index contributed by atoms with van der Waals surface area (Å²) in [6.45, 7) is 0. The van der Waals surface area contributed by atoms with Crippen LogP contribution in [0.3, 0.4) is 0 Å². The molecule has 0 radical (unpaired) electrons. The Morgan fingerprint density at radius 1 is 1.14 bits per heavy atom. The molecule has 3 aromatic rings. The van der Waals surface area contributed by atoms with Crippen molar-refractivity contribution in [3.05, 3.63) is 102 Å². The minimum atomic E-state index is -1.14. The van der Waals surface area contributed by atoms with Crippen LogP contribution in [0.5, 0.6) is 0 Å². The maximum absolute atomic E-state index is 13.9. The van der Waals surface area contributed by atoms with Crippen LogP contribution >= 0.6 is 0 Å². The summed E-state index contributed by atoms with van der Waals surface area (Å²) < 4.78 is 15.4. The Morgan fingerprint density at radius 3 is 2.61 bits per heavy atom. The Bertz CT molecular complexity index is 1330. The van der Waals surface area contributed by atoms with Crippen LogP contribution in [-0.2, 0) is 25.6 Å². The molecule has 2 aromatic carbocycles. The van der Waals surface area contributed by atoms with Crippen molar-refractivity contribution < 1.29 is 23.6 Å². The molecule has 184 valence electrons. The number of halogens is 1. The van der Waals surface area contributed by atoms with Crippen molar-refractivity contribution in [2.24, 2.45) is 5.73 Å². The fourth-order valence-electron chi connectivity index (χ4n) is 4.09. The van der Waals surface area contributed by atoms with E-state index in [-0.39, 0.29) is 12.0 Å². The van der Waals surface area contributed by atoms with Gasteiger partial charge in [-0.05, 0) is 35.9 Å². The van der Waals surface area contributed by atoms with E-state index in [1.807, 2.05) is 35.8 Å².